The van der Waals surface area contributed by atoms with Crippen LogP contribution in [0.15, 0.2) is 59.6 Å². The van der Waals surface area contributed by atoms with Gasteiger partial charge in [-0.1, -0.05) is 44.2 Å². The fourth-order valence-corrected chi connectivity index (χ4v) is 4.18. The van der Waals surface area contributed by atoms with E-state index in [2.05, 4.69) is 9.71 Å². The Kier molecular flexibility index (Phi) is 5.34. The SMILES string of the molecule is CC(C)c1ccc(S(=O)(=O)NC(Cc2c[nH]c3ccccc23)C(=O)O)cc1. The summed E-state index contributed by atoms with van der Waals surface area (Å²) < 4.78 is 27.6. The molecule has 1 atom stereocenters. The lowest BCUT2D eigenvalue weighted by Crippen LogP contribution is -2.42. The maximum atomic E-state index is 12.6. The van der Waals surface area contributed by atoms with Gasteiger partial charge in [0.1, 0.15) is 6.04 Å². The number of fused-ring (bicyclic) bond motifs is 1. The van der Waals surface area contributed by atoms with Gasteiger partial charge in [-0.2, -0.15) is 4.72 Å². The van der Waals surface area contributed by atoms with E-state index in [1.807, 2.05) is 38.1 Å². The Morgan fingerprint density at radius 3 is 2.41 bits per heavy atom. The summed E-state index contributed by atoms with van der Waals surface area (Å²) in [5.41, 5.74) is 2.64. The highest BCUT2D eigenvalue weighted by molar-refractivity contribution is 7.89. The van der Waals surface area contributed by atoms with Gasteiger partial charge in [-0.05, 0) is 35.2 Å². The van der Waals surface area contributed by atoms with Crippen molar-refractivity contribution in [1.29, 1.82) is 0 Å². The number of para-hydroxylation sites is 1. The van der Waals surface area contributed by atoms with Crippen LogP contribution in [0, 0.1) is 0 Å². The molecule has 3 N–H and O–H groups in total. The molecule has 0 saturated heterocycles. The molecule has 0 aliphatic heterocycles. The quantitative estimate of drug-likeness (QED) is 0.580. The molecule has 2 aromatic carbocycles. The minimum atomic E-state index is -3.94. The number of carboxylic acid groups (broad SMARTS) is 1. The third kappa shape index (κ3) is 4.20. The number of aromatic amines is 1. The third-order valence-corrected chi connectivity index (χ3v) is 6.04. The lowest BCUT2D eigenvalue weighted by molar-refractivity contribution is -0.138. The monoisotopic (exact) mass is 386 g/mol. The van der Waals surface area contributed by atoms with E-state index >= 15 is 0 Å². The number of hydrogen-bond donors (Lipinski definition) is 3. The zero-order valence-corrected chi connectivity index (χ0v) is 16.0. The molecule has 1 heterocycles. The molecular weight excluding hydrogens is 364 g/mol. The second-order valence-electron chi connectivity index (χ2n) is 6.80. The highest BCUT2D eigenvalue weighted by atomic mass is 32.2. The summed E-state index contributed by atoms with van der Waals surface area (Å²) in [6.45, 7) is 4.03. The van der Waals surface area contributed by atoms with Crippen LogP contribution in [0.5, 0.6) is 0 Å². The molecule has 142 valence electrons. The fraction of sp³-hybridized carbons (Fsp3) is 0.250. The maximum Gasteiger partial charge on any atom is 0.322 e. The normalized spacial score (nSPS) is 13.1. The zero-order valence-electron chi connectivity index (χ0n) is 15.1. The largest absolute Gasteiger partial charge is 0.480 e. The standard InChI is InChI=1S/C20H22N2O4S/c1-13(2)14-7-9-16(10-8-14)27(25,26)22-19(20(23)24)11-15-12-21-18-6-4-3-5-17(15)18/h3-10,12-13,19,21-22H,11H2,1-2H3,(H,23,24). The van der Waals surface area contributed by atoms with Gasteiger partial charge >= 0.3 is 5.97 Å². The zero-order chi connectivity index (χ0) is 19.6. The topological polar surface area (TPSA) is 99.3 Å². The molecule has 1 unspecified atom stereocenters. The van der Waals surface area contributed by atoms with E-state index in [4.69, 9.17) is 0 Å². The van der Waals surface area contributed by atoms with Crippen molar-refractivity contribution in [3.63, 3.8) is 0 Å². The van der Waals surface area contributed by atoms with Crippen molar-refractivity contribution in [3.8, 4) is 0 Å². The van der Waals surface area contributed by atoms with E-state index in [1.54, 1.807) is 18.3 Å². The van der Waals surface area contributed by atoms with Gasteiger partial charge in [0, 0.05) is 23.5 Å². The molecule has 0 spiro atoms. The first-order valence-electron chi connectivity index (χ1n) is 8.68. The summed E-state index contributed by atoms with van der Waals surface area (Å²) in [4.78, 5) is 14.8. The number of aliphatic carboxylic acids is 1. The maximum absolute atomic E-state index is 12.6. The summed E-state index contributed by atoms with van der Waals surface area (Å²) in [5, 5.41) is 10.4. The first kappa shape index (κ1) is 19.1. The van der Waals surface area contributed by atoms with Crippen molar-refractivity contribution >= 4 is 26.9 Å². The molecule has 0 aliphatic carbocycles. The van der Waals surface area contributed by atoms with Gasteiger partial charge in [0.2, 0.25) is 10.0 Å². The van der Waals surface area contributed by atoms with E-state index in [0.717, 1.165) is 22.0 Å². The van der Waals surface area contributed by atoms with E-state index in [1.165, 1.54) is 12.1 Å². The first-order valence-corrected chi connectivity index (χ1v) is 10.2. The average molecular weight is 386 g/mol. The van der Waals surface area contributed by atoms with Crippen LogP contribution in [0.4, 0.5) is 0 Å². The minimum Gasteiger partial charge on any atom is -0.480 e. The van der Waals surface area contributed by atoms with Crippen LogP contribution in [-0.2, 0) is 21.2 Å². The Bertz CT molecular complexity index is 1050. The van der Waals surface area contributed by atoms with Gasteiger partial charge < -0.3 is 10.1 Å². The van der Waals surface area contributed by atoms with Crippen LogP contribution in [0.3, 0.4) is 0 Å². The van der Waals surface area contributed by atoms with Gasteiger partial charge in [-0.15, -0.1) is 0 Å². The predicted octanol–water partition coefficient (Wildman–Crippen LogP) is 3.27. The first-order chi connectivity index (χ1) is 12.8. The number of H-pyrrole nitrogens is 1. The average Bonchev–Trinajstić information content (AvgIpc) is 3.04. The van der Waals surface area contributed by atoms with Crippen molar-refractivity contribution in [1.82, 2.24) is 9.71 Å². The van der Waals surface area contributed by atoms with Crippen molar-refractivity contribution in [3.05, 3.63) is 65.9 Å². The molecule has 0 fully saturated rings. The van der Waals surface area contributed by atoms with E-state index in [0.29, 0.717) is 0 Å². The summed E-state index contributed by atoms with van der Waals surface area (Å²) in [7, 11) is -3.94. The molecule has 0 aliphatic rings. The van der Waals surface area contributed by atoms with Gasteiger partial charge in [0.05, 0.1) is 4.90 Å². The summed E-state index contributed by atoms with van der Waals surface area (Å²) in [6, 6.07) is 12.7. The van der Waals surface area contributed by atoms with Crippen molar-refractivity contribution in [2.75, 3.05) is 0 Å². The summed E-state index contributed by atoms with van der Waals surface area (Å²) >= 11 is 0. The smallest absolute Gasteiger partial charge is 0.322 e. The number of benzene rings is 2. The van der Waals surface area contributed by atoms with E-state index < -0.39 is 22.0 Å². The number of carbonyl (C=O) groups is 1. The van der Waals surface area contributed by atoms with E-state index in [9.17, 15) is 18.3 Å². The Labute approximate surface area is 158 Å². The number of carboxylic acids is 1. The third-order valence-electron chi connectivity index (χ3n) is 4.55. The van der Waals surface area contributed by atoms with E-state index in [-0.39, 0.29) is 17.2 Å². The van der Waals surface area contributed by atoms with Crippen molar-refractivity contribution in [2.24, 2.45) is 0 Å². The number of rotatable bonds is 7. The minimum absolute atomic E-state index is 0.0443. The molecule has 1 aromatic heterocycles. The van der Waals surface area contributed by atoms with Gasteiger partial charge in [0.15, 0.2) is 0 Å². The summed E-state index contributed by atoms with van der Waals surface area (Å²) in [5.74, 6) is -0.939. The number of aromatic nitrogens is 1. The lowest BCUT2D eigenvalue weighted by atomic mass is 10.0. The second kappa shape index (κ2) is 7.54. The highest BCUT2D eigenvalue weighted by Gasteiger charge is 2.26. The Morgan fingerprint density at radius 1 is 1.11 bits per heavy atom. The Morgan fingerprint density at radius 2 is 1.78 bits per heavy atom. The molecular formula is C20H22N2O4S. The Balaban J connectivity index is 1.84. The molecule has 0 amide bonds. The van der Waals surface area contributed by atoms with Crippen LogP contribution >= 0.6 is 0 Å². The van der Waals surface area contributed by atoms with Crippen LogP contribution < -0.4 is 4.72 Å². The molecule has 0 radical (unpaired) electrons. The van der Waals surface area contributed by atoms with Crippen LogP contribution in [0.1, 0.15) is 30.9 Å². The van der Waals surface area contributed by atoms with Crippen molar-refractivity contribution in [2.45, 2.75) is 37.1 Å². The molecule has 0 bridgehead atoms. The molecule has 3 aromatic rings. The molecule has 3 rings (SSSR count). The Hall–Kier alpha value is -2.64. The van der Waals surface area contributed by atoms with Gasteiger partial charge in [-0.25, -0.2) is 8.42 Å². The summed E-state index contributed by atoms with van der Waals surface area (Å²) in [6.07, 6.45) is 1.76. The second-order valence-corrected chi connectivity index (χ2v) is 8.51. The van der Waals surface area contributed by atoms with Crippen molar-refractivity contribution < 1.29 is 18.3 Å². The predicted molar refractivity (Wildman–Crippen MR) is 104 cm³/mol. The van der Waals surface area contributed by atoms with Gasteiger partial charge in [-0.3, -0.25) is 4.79 Å². The molecule has 27 heavy (non-hydrogen) atoms. The molecule has 7 heteroatoms. The number of sulfonamides is 1. The number of hydrogen-bond acceptors (Lipinski definition) is 3. The molecule has 0 saturated carbocycles. The lowest BCUT2D eigenvalue weighted by Gasteiger charge is -2.15. The molecule has 6 nitrogen and oxygen atoms in total. The number of nitrogens with one attached hydrogen (secondary N) is 2. The van der Waals surface area contributed by atoms with Gasteiger partial charge in [0.25, 0.3) is 0 Å². The van der Waals surface area contributed by atoms with Crippen LogP contribution in [0.25, 0.3) is 10.9 Å². The van der Waals surface area contributed by atoms with Crippen LogP contribution in [-0.4, -0.2) is 30.5 Å². The fourth-order valence-electron chi connectivity index (χ4n) is 2.99. The van der Waals surface area contributed by atoms with Crippen LogP contribution in [0.2, 0.25) is 0 Å². The highest BCUT2D eigenvalue weighted by Crippen LogP contribution is 2.21.